The van der Waals surface area contributed by atoms with Gasteiger partial charge in [-0.15, -0.1) is 0 Å². The number of aromatic nitrogens is 3. The lowest BCUT2D eigenvalue weighted by Crippen LogP contribution is -1.92. The van der Waals surface area contributed by atoms with Crippen LogP contribution in [0.1, 0.15) is 0 Å². The van der Waals surface area contributed by atoms with Crippen molar-refractivity contribution in [3.63, 3.8) is 0 Å². The summed E-state index contributed by atoms with van der Waals surface area (Å²) in [4.78, 5) is 9.16. The minimum absolute atomic E-state index is 0.882. The fraction of sp³-hybridized carbons (Fsp3) is 0. The molecule has 0 saturated carbocycles. The number of para-hydroxylation sites is 1. The second kappa shape index (κ2) is 4.11. The van der Waals surface area contributed by atoms with Gasteiger partial charge in [-0.05, 0) is 30.3 Å². The Labute approximate surface area is 136 Å². The number of hydrogen-bond acceptors (Lipinski definition) is 3. The topological polar surface area (TPSA) is 43.3 Å². The predicted octanol–water partition coefficient (Wildman–Crippen LogP) is 4.94. The number of imidazole rings is 1. The van der Waals surface area contributed by atoms with Crippen molar-refractivity contribution in [1.82, 2.24) is 14.4 Å². The van der Waals surface area contributed by atoms with Crippen LogP contribution in [-0.2, 0) is 0 Å². The van der Waals surface area contributed by atoms with Crippen molar-refractivity contribution in [3.05, 3.63) is 67.1 Å². The Hall–Kier alpha value is -3.40. The van der Waals surface area contributed by atoms with Gasteiger partial charge >= 0.3 is 0 Å². The number of hydrogen-bond donors (Lipinski definition) is 0. The first-order chi connectivity index (χ1) is 11.9. The van der Waals surface area contributed by atoms with Gasteiger partial charge in [0.1, 0.15) is 16.8 Å². The van der Waals surface area contributed by atoms with Crippen LogP contribution in [0.25, 0.3) is 49.4 Å². The molecule has 0 spiro atoms. The summed E-state index contributed by atoms with van der Waals surface area (Å²) in [5.74, 6) is 0. The molecule has 24 heavy (non-hydrogen) atoms. The maximum Gasteiger partial charge on any atom is 0.146 e. The van der Waals surface area contributed by atoms with Gasteiger partial charge in [0.15, 0.2) is 0 Å². The number of fused-ring (bicyclic) bond motifs is 10. The molecule has 6 aromatic rings. The van der Waals surface area contributed by atoms with E-state index < -0.39 is 0 Å². The van der Waals surface area contributed by atoms with Gasteiger partial charge in [0.25, 0.3) is 0 Å². The Morgan fingerprint density at radius 1 is 0.792 bits per heavy atom. The summed E-state index contributed by atoms with van der Waals surface area (Å²) in [5, 5.41) is 4.31. The summed E-state index contributed by atoms with van der Waals surface area (Å²) in [5.41, 5.74) is 4.68. The summed E-state index contributed by atoms with van der Waals surface area (Å²) in [7, 11) is 0. The van der Waals surface area contributed by atoms with Crippen molar-refractivity contribution in [3.8, 4) is 0 Å². The molecule has 0 radical (unpaired) electrons. The van der Waals surface area contributed by atoms with Crippen LogP contribution in [0, 0.1) is 0 Å². The third-order valence-electron chi connectivity index (χ3n) is 4.71. The maximum atomic E-state index is 6.23. The van der Waals surface area contributed by atoms with Crippen LogP contribution in [0.4, 0.5) is 0 Å². The molecule has 0 unspecified atom stereocenters. The van der Waals surface area contributed by atoms with E-state index in [1.54, 1.807) is 0 Å². The van der Waals surface area contributed by atoms with E-state index in [4.69, 9.17) is 4.42 Å². The average Bonchev–Trinajstić information content (AvgIpc) is 3.26. The van der Waals surface area contributed by atoms with E-state index in [1.807, 2.05) is 42.9 Å². The van der Waals surface area contributed by atoms with Gasteiger partial charge in [-0.25, -0.2) is 4.98 Å². The lowest BCUT2D eigenvalue weighted by molar-refractivity contribution is 0.673. The number of nitrogens with zero attached hydrogens (tertiary/aromatic N) is 3. The molecule has 0 aliphatic heterocycles. The van der Waals surface area contributed by atoms with Crippen LogP contribution in [0.3, 0.4) is 0 Å². The zero-order valence-electron chi connectivity index (χ0n) is 12.6. The molecule has 2 aromatic carbocycles. The van der Waals surface area contributed by atoms with Crippen LogP contribution >= 0.6 is 0 Å². The van der Waals surface area contributed by atoms with Gasteiger partial charge in [0.2, 0.25) is 0 Å². The molecule has 4 aromatic heterocycles. The quantitative estimate of drug-likeness (QED) is 0.373. The SMILES string of the molecule is c1ccc2c(c1)oc1c2ccc2c1c1ncccc1c1nccn21. The number of pyridine rings is 2. The third-order valence-corrected chi connectivity index (χ3v) is 4.71. The Morgan fingerprint density at radius 3 is 2.71 bits per heavy atom. The second-order valence-electron chi connectivity index (χ2n) is 5.96. The zero-order valence-corrected chi connectivity index (χ0v) is 12.6. The van der Waals surface area contributed by atoms with Crippen LogP contribution in [0.15, 0.2) is 71.5 Å². The molecular weight excluding hydrogens is 298 g/mol. The van der Waals surface area contributed by atoms with Gasteiger partial charge < -0.3 is 4.42 Å². The van der Waals surface area contributed by atoms with Crippen LogP contribution in [-0.4, -0.2) is 14.4 Å². The van der Waals surface area contributed by atoms with E-state index in [0.29, 0.717) is 0 Å². The third kappa shape index (κ3) is 1.34. The van der Waals surface area contributed by atoms with E-state index in [1.165, 1.54) is 0 Å². The molecule has 0 saturated heterocycles. The molecule has 4 heteroatoms. The average molecular weight is 309 g/mol. The van der Waals surface area contributed by atoms with E-state index >= 15 is 0 Å². The highest BCUT2D eigenvalue weighted by Crippen LogP contribution is 2.37. The highest BCUT2D eigenvalue weighted by atomic mass is 16.3. The summed E-state index contributed by atoms with van der Waals surface area (Å²) in [6.07, 6.45) is 5.63. The summed E-state index contributed by atoms with van der Waals surface area (Å²) >= 11 is 0. The zero-order chi connectivity index (χ0) is 15.7. The van der Waals surface area contributed by atoms with E-state index in [-0.39, 0.29) is 0 Å². The van der Waals surface area contributed by atoms with Crippen molar-refractivity contribution in [1.29, 1.82) is 0 Å². The molecule has 4 heterocycles. The van der Waals surface area contributed by atoms with Crippen molar-refractivity contribution in [2.24, 2.45) is 0 Å². The Balaban J connectivity index is 2.03. The normalized spacial score (nSPS) is 12.2. The Morgan fingerprint density at radius 2 is 1.71 bits per heavy atom. The fourth-order valence-electron chi connectivity index (χ4n) is 3.69. The van der Waals surface area contributed by atoms with Gasteiger partial charge in [-0.1, -0.05) is 18.2 Å². The molecule has 0 aliphatic rings. The molecule has 0 N–H and O–H groups in total. The first-order valence-corrected chi connectivity index (χ1v) is 7.85. The molecule has 0 atom stereocenters. The number of furan rings is 1. The van der Waals surface area contributed by atoms with E-state index in [0.717, 1.165) is 49.4 Å². The molecule has 0 fully saturated rings. The maximum absolute atomic E-state index is 6.23. The van der Waals surface area contributed by atoms with Gasteiger partial charge in [-0.2, -0.15) is 0 Å². The summed E-state index contributed by atoms with van der Waals surface area (Å²) in [6.45, 7) is 0. The first-order valence-electron chi connectivity index (χ1n) is 7.85. The van der Waals surface area contributed by atoms with Crippen molar-refractivity contribution >= 4 is 49.4 Å². The predicted molar refractivity (Wildman–Crippen MR) is 95.3 cm³/mol. The molecular formula is C20H11N3O. The molecule has 4 nitrogen and oxygen atoms in total. The smallest absolute Gasteiger partial charge is 0.146 e. The monoisotopic (exact) mass is 309 g/mol. The van der Waals surface area contributed by atoms with E-state index in [9.17, 15) is 0 Å². The molecule has 112 valence electrons. The van der Waals surface area contributed by atoms with Crippen molar-refractivity contribution in [2.45, 2.75) is 0 Å². The highest BCUT2D eigenvalue weighted by molar-refractivity contribution is 6.23. The lowest BCUT2D eigenvalue weighted by Gasteiger charge is -2.07. The number of benzene rings is 2. The van der Waals surface area contributed by atoms with Crippen LogP contribution in [0.2, 0.25) is 0 Å². The Bertz CT molecular complexity index is 1410. The molecule has 0 amide bonds. The Kier molecular flexibility index (Phi) is 2.07. The second-order valence-corrected chi connectivity index (χ2v) is 5.96. The van der Waals surface area contributed by atoms with Crippen molar-refractivity contribution < 1.29 is 4.42 Å². The van der Waals surface area contributed by atoms with Crippen LogP contribution in [0.5, 0.6) is 0 Å². The molecule has 0 aliphatic carbocycles. The van der Waals surface area contributed by atoms with E-state index in [2.05, 4.69) is 38.6 Å². The van der Waals surface area contributed by atoms with Gasteiger partial charge in [0.05, 0.1) is 16.4 Å². The lowest BCUT2D eigenvalue weighted by atomic mass is 10.1. The minimum Gasteiger partial charge on any atom is -0.455 e. The minimum atomic E-state index is 0.882. The van der Waals surface area contributed by atoms with Gasteiger partial charge in [-0.3, -0.25) is 9.38 Å². The largest absolute Gasteiger partial charge is 0.455 e. The molecule has 6 rings (SSSR count). The summed E-state index contributed by atoms with van der Waals surface area (Å²) < 4.78 is 8.33. The van der Waals surface area contributed by atoms with Crippen LogP contribution < -0.4 is 0 Å². The highest BCUT2D eigenvalue weighted by Gasteiger charge is 2.16. The fourth-order valence-corrected chi connectivity index (χ4v) is 3.69. The molecule has 0 bridgehead atoms. The standard InChI is InChI=1S/C20H11N3O/c1-2-6-16-12(4-1)13-7-8-15-17(19(13)24-16)18-14(5-3-9-21-18)20-22-10-11-23(15)20/h1-11H. The van der Waals surface area contributed by atoms with Crippen molar-refractivity contribution in [2.75, 3.05) is 0 Å². The first kappa shape index (κ1) is 12.1. The number of rotatable bonds is 0. The van der Waals surface area contributed by atoms with Gasteiger partial charge in [0, 0.05) is 34.7 Å². The summed E-state index contributed by atoms with van der Waals surface area (Å²) in [6, 6.07) is 16.4.